The van der Waals surface area contributed by atoms with E-state index in [0.717, 1.165) is 9.26 Å². The SMILES string of the molecule is CN1C(=O)/C(=N/C(=O)OC(C)(C)C)c2cc(I)ccc21. The van der Waals surface area contributed by atoms with E-state index < -0.39 is 11.7 Å². The first-order valence-corrected chi connectivity index (χ1v) is 7.16. The fourth-order valence-corrected chi connectivity index (χ4v) is 2.35. The predicted octanol–water partition coefficient (Wildman–Crippen LogP) is 2.99. The molecule has 0 saturated carbocycles. The van der Waals surface area contributed by atoms with Crippen LogP contribution in [0.5, 0.6) is 0 Å². The van der Waals surface area contributed by atoms with Crippen LogP contribution in [0.1, 0.15) is 26.3 Å². The Morgan fingerprint density at radius 3 is 2.60 bits per heavy atom. The number of carbonyl (C=O) groups excluding carboxylic acids is 2. The molecular weight excluding hydrogens is 371 g/mol. The van der Waals surface area contributed by atoms with Crippen LogP contribution in [0.25, 0.3) is 0 Å². The highest BCUT2D eigenvalue weighted by Gasteiger charge is 2.32. The minimum absolute atomic E-state index is 0.135. The molecule has 0 saturated heterocycles. The Kier molecular flexibility index (Phi) is 3.86. The quantitative estimate of drug-likeness (QED) is 0.645. The molecule has 0 bridgehead atoms. The van der Waals surface area contributed by atoms with Crippen molar-refractivity contribution in [2.24, 2.45) is 4.99 Å². The van der Waals surface area contributed by atoms with E-state index in [1.54, 1.807) is 27.8 Å². The fraction of sp³-hybridized carbons (Fsp3) is 0.357. The lowest BCUT2D eigenvalue weighted by atomic mass is 10.1. The molecule has 1 aliphatic heterocycles. The van der Waals surface area contributed by atoms with E-state index in [1.807, 2.05) is 18.2 Å². The molecular formula is C14H15IN2O3. The van der Waals surface area contributed by atoms with Crippen molar-refractivity contribution in [2.45, 2.75) is 26.4 Å². The van der Waals surface area contributed by atoms with E-state index in [0.29, 0.717) is 5.56 Å². The molecule has 20 heavy (non-hydrogen) atoms. The predicted molar refractivity (Wildman–Crippen MR) is 85.3 cm³/mol. The van der Waals surface area contributed by atoms with E-state index in [9.17, 15) is 9.59 Å². The fourth-order valence-electron chi connectivity index (χ4n) is 1.86. The lowest BCUT2D eigenvalue weighted by Crippen LogP contribution is -2.27. The number of carbonyl (C=O) groups is 2. The van der Waals surface area contributed by atoms with Crippen molar-refractivity contribution >= 4 is 46.0 Å². The molecule has 1 heterocycles. The maximum atomic E-state index is 12.2. The molecule has 0 aliphatic carbocycles. The van der Waals surface area contributed by atoms with E-state index in [1.165, 1.54) is 4.90 Å². The van der Waals surface area contributed by atoms with Crippen LogP contribution in [0.15, 0.2) is 23.2 Å². The van der Waals surface area contributed by atoms with Gasteiger partial charge in [0, 0.05) is 16.2 Å². The molecule has 1 aromatic carbocycles. The number of nitrogens with zero attached hydrogens (tertiary/aromatic N) is 2. The van der Waals surface area contributed by atoms with Gasteiger partial charge in [-0.1, -0.05) is 0 Å². The molecule has 0 atom stereocenters. The third-order valence-corrected chi connectivity index (χ3v) is 3.35. The molecule has 2 amide bonds. The molecule has 0 aromatic heterocycles. The van der Waals surface area contributed by atoms with Crippen LogP contribution in [0, 0.1) is 3.57 Å². The van der Waals surface area contributed by atoms with E-state index in [4.69, 9.17) is 4.74 Å². The first kappa shape index (κ1) is 15.0. The van der Waals surface area contributed by atoms with Gasteiger partial charge in [-0.05, 0) is 61.6 Å². The van der Waals surface area contributed by atoms with Gasteiger partial charge in [-0.25, -0.2) is 4.79 Å². The van der Waals surface area contributed by atoms with Crippen molar-refractivity contribution < 1.29 is 14.3 Å². The average molecular weight is 386 g/mol. The molecule has 0 radical (unpaired) electrons. The van der Waals surface area contributed by atoms with Crippen LogP contribution in [-0.4, -0.2) is 30.4 Å². The molecule has 6 heteroatoms. The second-order valence-electron chi connectivity index (χ2n) is 5.47. The number of halogens is 1. The Balaban J connectivity index is 2.41. The van der Waals surface area contributed by atoms with Crippen LogP contribution in [0.2, 0.25) is 0 Å². The van der Waals surface area contributed by atoms with E-state index in [-0.39, 0.29) is 11.6 Å². The molecule has 0 spiro atoms. The van der Waals surface area contributed by atoms with Crippen molar-refractivity contribution in [3.8, 4) is 0 Å². The van der Waals surface area contributed by atoms with Gasteiger partial charge >= 0.3 is 6.09 Å². The Morgan fingerprint density at radius 1 is 1.35 bits per heavy atom. The standard InChI is InChI=1S/C14H15IN2O3/c1-14(2,3)20-13(19)16-11-9-7-8(15)5-6-10(9)17(4)12(11)18/h5-7H,1-4H3/b16-11+. The molecule has 0 unspecified atom stereocenters. The number of amides is 2. The van der Waals surface area contributed by atoms with Crippen LogP contribution in [-0.2, 0) is 9.53 Å². The molecule has 106 valence electrons. The maximum absolute atomic E-state index is 12.2. The summed E-state index contributed by atoms with van der Waals surface area (Å²) in [5.74, 6) is -0.298. The first-order chi connectivity index (χ1) is 9.19. The molecule has 2 rings (SSSR count). The van der Waals surface area contributed by atoms with Gasteiger partial charge in [0.1, 0.15) is 11.3 Å². The zero-order valence-electron chi connectivity index (χ0n) is 11.7. The Labute approximate surface area is 131 Å². The normalized spacial score (nSPS) is 16.6. The highest BCUT2D eigenvalue weighted by atomic mass is 127. The summed E-state index contributed by atoms with van der Waals surface area (Å²) < 4.78 is 6.10. The Bertz CT molecular complexity index is 617. The topological polar surface area (TPSA) is 59.0 Å². The van der Waals surface area contributed by atoms with Crippen molar-refractivity contribution in [2.75, 3.05) is 11.9 Å². The first-order valence-electron chi connectivity index (χ1n) is 6.09. The zero-order valence-corrected chi connectivity index (χ0v) is 13.9. The van der Waals surface area contributed by atoms with Gasteiger partial charge in [-0.3, -0.25) is 4.79 Å². The summed E-state index contributed by atoms with van der Waals surface area (Å²) >= 11 is 2.15. The summed E-state index contributed by atoms with van der Waals surface area (Å²) in [6.07, 6.45) is -0.749. The van der Waals surface area contributed by atoms with E-state index in [2.05, 4.69) is 27.6 Å². The van der Waals surface area contributed by atoms with Crippen molar-refractivity contribution in [3.63, 3.8) is 0 Å². The van der Waals surface area contributed by atoms with Crippen LogP contribution in [0.3, 0.4) is 0 Å². The second kappa shape index (κ2) is 5.16. The van der Waals surface area contributed by atoms with Gasteiger partial charge in [0.05, 0.1) is 5.69 Å². The number of rotatable bonds is 0. The highest BCUT2D eigenvalue weighted by Crippen LogP contribution is 2.29. The summed E-state index contributed by atoms with van der Waals surface area (Å²) in [5.41, 5.74) is 0.908. The summed E-state index contributed by atoms with van der Waals surface area (Å²) in [5, 5.41) is 0. The van der Waals surface area contributed by atoms with Gasteiger partial charge in [-0.15, -0.1) is 0 Å². The molecule has 0 N–H and O–H groups in total. The van der Waals surface area contributed by atoms with Crippen molar-refractivity contribution in [1.82, 2.24) is 0 Å². The Morgan fingerprint density at radius 2 is 2.00 bits per heavy atom. The second-order valence-corrected chi connectivity index (χ2v) is 6.71. The monoisotopic (exact) mass is 386 g/mol. The largest absolute Gasteiger partial charge is 0.442 e. The van der Waals surface area contributed by atoms with Gasteiger partial charge < -0.3 is 9.64 Å². The summed E-state index contributed by atoms with van der Waals surface area (Å²) in [4.78, 5) is 29.3. The smallest absolute Gasteiger partial charge is 0.434 e. The number of fused-ring (bicyclic) bond motifs is 1. The summed E-state index contributed by atoms with van der Waals surface area (Å²) in [6.45, 7) is 5.26. The highest BCUT2D eigenvalue weighted by molar-refractivity contribution is 14.1. The maximum Gasteiger partial charge on any atom is 0.434 e. The minimum Gasteiger partial charge on any atom is -0.442 e. The number of benzene rings is 1. The van der Waals surface area contributed by atoms with Crippen LogP contribution < -0.4 is 4.90 Å². The lowest BCUT2D eigenvalue weighted by Gasteiger charge is -2.17. The zero-order chi connectivity index (χ0) is 15.1. The van der Waals surface area contributed by atoms with E-state index >= 15 is 0 Å². The molecule has 1 aliphatic rings. The van der Waals surface area contributed by atoms with Crippen molar-refractivity contribution in [3.05, 3.63) is 27.3 Å². The lowest BCUT2D eigenvalue weighted by molar-refractivity contribution is -0.112. The van der Waals surface area contributed by atoms with Gasteiger partial charge in [0.15, 0.2) is 0 Å². The minimum atomic E-state index is -0.749. The van der Waals surface area contributed by atoms with Crippen molar-refractivity contribution in [1.29, 1.82) is 0 Å². The van der Waals surface area contributed by atoms with Gasteiger partial charge in [-0.2, -0.15) is 4.99 Å². The Hall–Kier alpha value is -1.44. The third kappa shape index (κ3) is 3.00. The number of anilines is 1. The van der Waals surface area contributed by atoms with Crippen LogP contribution in [0.4, 0.5) is 10.5 Å². The number of hydrogen-bond donors (Lipinski definition) is 0. The summed E-state index contributed by atoms with van der Waals surface area (Å²) in [6, 6.07) is 5.58. The molecule has 0 fully saturated rings. The number of ether oxygens (including phenoxy) is 1. The molecule has 5 nitrogen and oxygen atoms in total. The van der Waals surface area contributed by atoms with Crippen LogP contribution >= 0.6 is 22.6 Å². The third-order valence-electron chi connectivity index (χ3n) is 2.68. The van der Waals surface area contributed by atoms with Gasteiger partial charge in [0.2, 0.25) is 0 Å². The number of hydrogen-bond acceptors (Lipinski definition) is 3. The summed E-state index contributed by atoms with van der Waals surface area (Å²) in [7, 11) is 1.66. The number of likely N-dealkylation sites (N-methyl/N-ethyl adjacent to an activating group) is 1. The number of aliphatic imine (C=N–C) groups is 1. The van der Waals surface area contributed by atoms with Gasteiger partial charge in [0.25, 0.3) is 5.91 Å². The molecule has 1 aromatic rings. The average Bonchev–Trinajstić information content (AvgIpc) is 2.52.